The van der Waals surface area contributed by atoms with Gasteiger partial charge in [0.1, 0.15) is 11.5 Å². The highest BCUT2D eigenvalue weighted by Gasteiger charge is 2.23. The zero-order chi connectivity index (χ0) is 20.5. The monoisotopic (exact) mass is 392 g/mol. The zero-order valence-corrected chi connectivity index (χ0v) is 17.2. The molecule has 7 nitrogen and oxygen atoms in total. The van der Waals surface area contributed by atoms with Gasteiger partial charge in [0.15, 0.2) is 0 Å². The van der Waals surface area contributed by atoms with Gasteiger partial charge in [-0.05, 0) is 37.6 Å². The van der Waals surface area contributed by atoms with E-state index in [2.05, 4.69) is 28.7 Å². The summed E-state index contributed by atoms with van der Waals surface area (Å²) in [5, 5.41) is 13.4. The van der Waals surface area contributed by atoms with Gasteiger partial charge in [-0.2, -0.15) is 5.10 Å². The van der Waals surface area contributed by atoms with Crippen LogP contribution in [0, 0.1) is 5.41 Å². The van der Waals surface area contributed by atoms with Crippen LogP contribution in [0.3, 0.4) is 0 Å². The first-order valence-electron chi connectivity index (χ1n) is 9.98. The van der Waals surface area contributed by atoms with E-state index in [0.29, 0.717) is 28.7 Å². The van der Waals surface area contributed by atoms with Crippen molar-refractivity contribution in [3.05, 3.63) is 54.1 Å². The van der Waals surface area contributed by atoms with Gasteiger partial charge in [0, 0.05) is 62.1 Å². The molecule has 3 aromatic rings. The lowest BCUT2D eigenvalue weighted by Crippen LogP contribution is -2.49. The molecule has 0 bridgehead atoms. The summed E-state index contributed by atoms with van der Waals surface area (Å²) in [7, 11) is 1.94. The lowest BCUT2D eigenvalue weighted by Gasteiger charge is -2.37. The number of hydrogen-bond acceptors (Lipinski definition) is 6. The van der Waals surface area contributed by atoms with Crippen molar-refractivity contribution in [2.45, 2.75) is 19.9 Å². The highest BCUT2D eigenvalue weighted by Crippen LogP contribution is 2.27. The molecule has 3 heterocycles. The SMILES string of the molecule is CC(C)N1CCN(c2cc(C(=N)c3cc(-c4ccoc4)ccc3N)nn2C)CC1. The van der Waals surface area contributed by atoms with Gasteiger partial charge in [-0.3, -0.25) is 15.0 Å². The fourth-order valence-electron chi connectivity index (χ4n) is 3.86. The second-order valence-electron chi connectivity index (χ2n) is 7.82. The van der Waals surface area contributed by atoms with Crippen molar-refractivity contribution in [3.8, 4) is 11.1 Å². The summed E-state index contributed by atoms with van der Waals surface area (Å²) in [6.45, 7) is 8.47. The molecule has 152 valence electrons. The Bertz CT molecular complexity index is 996. The Morgan fingerprint density at radius 3 is 2.52 bits per heavy atom. The maximum absolute atomic E-state index is 8.74. The largest absolute Gasteiger partial charge is 0.472 e. The molecular formula is C22H28N6O. The predicted octanol–water partition coefficient (Wildman–Crippen LogP) is 3.21. The Hall–Kier alpha value is -3.06. The Morgan fingerprint density at radius 2 is 1.86 bits per heavy atom. The first kappa shape index (κ1) is 19.3. The number of furan rings is 1. The Balaban J connectivity index is 1.58. The van der Waals surface area contributed by atoms with Crippen molar-refractivity contribution >= 4 is 17.2 Å². The lowest BCUT2D eigenvalue weighted by molar-refractivity contribution is 0.208. The molecular weight excluding hydrogens is 364 g/mol. The zero-order valence-electron chi connectivity index (χ0n) is 17.2. The number of nitrogens with zero attached hydrogens (tertiary/aromatic N) is 4. The minimum atomic E-state index is 0.329. The Labute approximate surface area is 171 Å². The molecule has 1 aromatic carbocycles. The van der Waals surface area contributed by atoms with Gasteiger partial charge in [-0.1, -0.05) is 6.07 Å². The van der Waals surface area contributed by atoms with E-state index in [1.54, 1.807) is 12.5 Å². The van der Waals surface area contributed by atoms with Crippen LogP contribution in [0.1, 0.15) is 25.1 Å². The van der Waals surface area contributed by atoms with Crippen LogP contribution in [0.2, 0.25) is 0 Å². The third-order valence-corrected chi connectivity index (χ3v) is 5.66. The highest BCUT2D eigenvalue weighted by molar-refractivity contribution is 6.13. The number of nitrogens with one attached hydrogen (secondary N) is 1. The van der Waals surface area contributed by atoms with Gasteiger partial charge in [0.05, 0.1) is 18.2 Å². The Morgan fingerprint density at radius 1 is 1.10 bits per heavy atom. The Kier molecular flexibility index (Phi) is 5.15. The van der Waals surface area contributed by atoms with Gasteiger partial charge in [-0.25, -0.2) is 0 Å². The van der Waals surface area contributed by atoms with Crippen LogP contribution < -0.4 is 10.6 Å². The quantitative estimate of drug-likeness (QED) is 0.514. The summed E-state index contributed by atoms with van der Waals surface area (Å²) in [5.74, 6) is 1.04. The molecule has 0 unspecified atom stereocenters. The first-order valence-corrected chi connectivity index (χ1v) is 9.98. The minimum Gasteiger partial charge on any atom is -0.472 e. The fraction of sp³-hybridized carbons (Fsp3) is 0.364. The van der Waals surface area contributed by atoms with Crippen molar-refractivity contribution in [2.24, 2.45) is 7.05 Å². The molecule has 0 atom stereocenters. The van der Waals surface area contributed by atoms with E-state index in [0.717, 1.165) is 43.1 Å². The van der Waals surface area contributed by atoms with E-state index in [1.807, 2.05) is 42.1 Å². The number of hydrogen-bond donors (Lipinski definition) is 2. The third kappa shape index (κ3) is 3.78. The summed E-state index contributed by atoms with van der Waals surface area (Å²) in [4.78, 5) is 4.83. The second-order valence-corrected chi connectivity index (χ2v) is 7.82. The van der Waals surface area contributed by atoms with Crippen molar-refractivity contribution in [3.63, 3.8) is 0 Å². The molecule has 2 aromatic heterocycles. The molecule has 0 amide bonds. The molecule has 7 heteroatoms. The van der Waals surface area contributed by atoms with Gasteiger partial charge >= 0.3 is 0 Å². The smallest absolute Gasteiger partial charge is 0.127 e. The number of nitrogens with two attached hydrogens (primary N) is 1. The molecule has 0 radical (unpaired) electrons. The summed E-state index contributed by atoms with van der Waals surface area (Å²) < 4.78 is 7.05. The maximum Gasteiger partial charge on any atom is 0.127 e. The number of piperazine rings is 1. The molecule has 29 heavy (non-hydrogen) atoms. The number of benzene rings is 1. The summed E-state index contributed by atoms with van der Waals surface area (Å²) >= 11 is 0. The van der Waals surface area contributed by atoms with E-state index in [4.69, 9.17) is 15.6 Å². The molecule has 0 aliphatic carbocycles. The predicted molar refractivity (Wildman–Crippen MR) is 117 cm³/mol. The van der Waals surface area contributed by atoms with Crippen LogP contribution in [0.5, 0.6) is 0 Å². The average Bonchev–Trinajstić information content (AvgIpc) is 3.38. The highest BCUT2D eigenvalue weighted by atomic mass is 16.3. The van der Waals surface area contributed by atoms with Gasteiger partial charge in [0.2, 0.25) is 0 Å². The van der Waals surface area contributed by atoms with Crippen LogP contribution >= 0.6 is 0 Å². The normalized spacial score (nSPS) is 15.2. The summed E-state index contributed by atoms with van der Waals surface area (Å²) in [6.07, 6.45) is 3.33. The number of nitrogen functional groups attached to an aromatic ring is 1. The number of aromatic nitrogens is 2. The van der Waals surface area contributed by atoms with E-state index in [1.165, 1.54) is 0 Å². The maximum atomic E-state index is 8.74. The van der Waals surface area contributed by atoms with E-state index in [9.17, 15) is 0 Å². The molecule has 1 fully saturated rings. The topological polar surface area (TPSA) is 87.3 Å². The van der Waals surface area contributed by atoms with Crippen molar-refractivity contribution in [1.82, 2.24) is 14.7 Å². The summed E-state index contributed by atoms with van der Waals surface area (Å²) in [6, 6.07) is 10.2. The molecule has 1 aliphatic rings. The fourth-order valence-corrected chi connectivity index (χ4v) is 3.86. The molecule has 1 aliphatic heterocycles. The van der Waals surface area contributed by atoms with Crippen LogP contribution in [0.15, 0.2) is 47.3 Å². The first-order chi connectivity index (χ1) is 13.9. The van der Waals surface area contributed by atoms with Gasteiger partial charge < -0.3 is 15.1 Å². The second kappa shape index (κ2) is 7.75. The van der Waals surface area contributed by atoms with E-state index in [-0.39, 0.29) is 0 Å². The van der Waals surface area contributed by atoms with Crippen LogP contribution in [0.25, 0.3) is 11.1 Å². The van der Waals surface area contributed by atoms with Crippen molar-refractivity contribution in [1.29, 1.82) is 5.41 Å². The van der Waals surface area contributed by atoms with E-state index < -0.39 is 0 Å². The third-order valence-electron chi connectivity index (χ3n) is 5.66. The molecule has 0 spiro atoms. The molecule has 0 saturated carbocycles. The average molecular weight is 393 g/mol. The molecule has 1 saturated heterocycles. The van der Waals surface area contributed by atoms with Crippen LogP contribution in [-0.2, 0) is 7.05 Å². The number of anilines is 2. The summed E-state index contributed by atoms with van der Waals surface area (Å²) in [5.41, 5.74) is 10.3. The standard InChI is InChI=1S/C22H28N6O/c1-15(2)27-7-9-28(10-8-27)21-13-20(25-26(21)3)22(24)18-12-16(4-5-19(18)23)17-6-11-29-14-17/h4-6,11-15,24H,7-10,23H2,1-3H3. The molecule has 4 rings (SSSR count). The van der Waals surface area contributed by atoms with Crippen LogP contribution in [-0.4, -0.2) is 52.6 Å². The van der Waals surface area contributed by atoms with Gasteiger partial charge in [0.25, 0.3) is 0 Å². The lowest BCUT2D eigenvalue weighted by atomic mass is 9.99. The minimum absolute atomic E-state index is 0.329. The number of aryl methyl sites for hydroxylation is 1. The van der Waals surface area contributed by atoms with E-state index >= 15 is 0 Å². The van der Waals surface area contributed by atoms with Crippen molar-refractivity contribution < 1.29 is 4.42 Å². The molecule has 3 N–H and O–H groups in total. The van der Waals surface area contributed by atoms with Crippen LogP contribution in [0.4, 0.5) is 11.5 Å². The number of rotatable bonds is 5. The van der Waals surface area contributed by atoms with Gasteiger partial charge in [-0.15, -0.1) is 0 Å². The van der Waals surface area contributed by atoms with Crippen molar-refractivity contribution in [2.75, 3.05) is 36.8 Å².